The highest BCUT2D eigenvalue weighted by Crippen LogP contribution is 2.48. The summed E-state index contributed by atoms with van der Waals surface area (Å²) in [4.78, 5) is 17.2. The third kappa shape index (κ3) is 5.07. The molecule has 2 bridgehead atoms. The lowest BCUT2D eigenvalue weighted by Gasteiger charge is -2.35. The van der Waals surface area contributed by atoms with Gasteiger partial charge in [-0.2, -0.15) is 28.2 Å². The normalized spacial score (nSPS) is 23.4. The Labute approximate surface area is 260 Å². The topological polar surface area (TPSA) is 110 Å². The van der Waals surface area contributed by atoms with Gasteiger partial charge in [-0.3, -0.25) is 10.1 Å². The van der Waals surface area contributed by atoms with Gasteiger partial charge in [-0.15, -0.1) is 11.3 Å². The van der Waals surface area contributed by atoms with E-state index in [9.17, 15) is 13.2 Å². The Morgan fingerprint density at radius 1 is 1.16 bits per heavy atom. The zero-order chi connectivity index (χ0) is 31.1. The summed E-state index contributed by atoms with van der Waals surface area (Å²) < 4.78 is 62.4. The van der Waals surface area contributed by atoms with Crippen LogP contribution in [0.2, 0.25) is 0 Å². The van der Waals surface area contributed by atoms with Gasteiger partial charge in [-0.1, -0.05) is 0 Å². The van der Waals surface area contributed by atoms with Crippen molar-refractivity contribution in [2.75, 3.05) is 37.8 Å². The van der Waals surface area contributed by atoms with Crippen LogP contribution >= 0.6 is 11.3 Å². The van der Waals surface area contributed by atoms with Crippen molar-refractivity contribution >= 4 is 48.4 Å². The number of nitrogens with one attached hydrogen (secondary N) is 2. The van der Waals surface area contributed by atoms with E-state index in [4.69, 9.17) is 24.2 Å². The molecule has 14 heteroatoms. The van der Waals surface area contributed by atoms with Crippen molar-refractivity contribution < 1.29 is 27.4 Å². The van der Waals surface area contributed by atoms with Gasteiger partial charge in [-0.05, 0) is 51.3 Å². The van der Waals surface area contributed by atoms with Gasteiger partial charge in [0.2, 0.25) is 0 Å². The minimum atomic E-state index is -4.60. The number of benzene rings is 1. The molecule has 10 nitrogen and oxygen atoms in total. The highest BCUT2D eigenvalue weighted by molar-refractivity contribution is 7.26. The molecule has 0 amide bonds. The largest absolute Gasteiger partial charge is 0.461 e. The number of pyridine rings is 1. The number of fused-ring (bicyclic) bond motifs is 6. The summed E-state index contributed by atoms with van der Waals surface area (Å²) in [7, 11) is 0. The van der Waals surface area contributed by atoms with Crippen molar-refractivity contribution in [1.29, 1.82) is 0 Å². The molecule has 4 aromatic heterocycles. The van der Waals surface area contributed by atoms with Crippen molar-refractivity contribution in [3.63, 3.8) is 0 Å². The van der Waals surface area contributed by atoms with Gasteiger partial charge in [0.15, 0.2) is 0 Å². The van der Waals surface area contributed by atoms with Gasteiger partial charge < -0.3 is 24.4 Å². The molecule has 1 aromatic carbocycles. The summed E-state index contributed by atoms with van der Waals surface area (Å²) in [6.45, 7) is 7.99. The van der Waals surface area contributed by atoms with E-state index in [1.165, 1.54) is 30.5 Å². The molecule has 8 rings (SSSR count). The number of H-pyrrole nitrogens is 1. The van der Waals surface area contributed by atoms with Gasteiger partial charge >= 0.3 is 12.2 Å². The maximum atomic E-state index is 14.6. The summed E-state index contributed by atoms with van der Waals surface area (Å²) in [5, 5.41) is 12.5. The van der Waals surface area contributed by atoms with Crippen LogP contribution in [0, 0.1) is 6.92 Å². The maximum absolute atomic E-state index is 14.6. The fraction of sp³-hybridized carbons (Fsp3) is 0.484. The van der Waals surface area contributed by atoms with Crippen molar-refractivity contribution in [2.24, 2.45) is 0 Å². The lowest BCUT2D eigenvalue weighted by Crippen LogP contribution is -2.51. The number of aromatic nitrogens is 5. The van der Waals surface area contributed by atoms with Crippen LogP contribution in [0.25, 0.3) is 42.5 Å². The number of piperazine rings is 1. The molecular weight excluding hydrogens is 607 g/mol. The average Bonchev–Trinajstić information content (AvgIpc) is 3.70. The van der Waals surface area contributed by atoms with Crippen molar-refractivity contribution in [2.45, 2.75) is 63.6 Å². The lowest BCUT2D eigenvalue weighted by molar-refractivity contribution is -0.181. The van der Waals surface area contributed by atoms with Crippen LogP contribution in [-0.2, 0) is 15.7 Å². The number of thiophene rings is 1. The van der Waals surface area contributed by atoms with E-state index in [2.05, 4.69) is 25.4 Å². The molecule has 0 spiro atoms. The fourth-order valence-corrected chi connectivity index (χ4v) is 7.99. The molecule has 3 atom stereocenters. The fourth-order valence-electron chi connectivity index (χ4n) is 6.83. The van der Waals surface area contributed by atoms with Crippen LogP contribution in [0.3, 0.4) is 0 Å². The molecule has 7 heterocycles. The van der Waals surface area contributed by atoms with Crippen LogP contribution < -0.4 is 15.0 Å². The standard InChI is InChI=1S/C31H32F3N7O3S/c1-15-8-21-20(9-36-40-21)22(24(15)31(32,33)34)25-26-19(6-7-35-25)23-27(41-10-16-4-5-17(11-41)37-16)38-29(39-28(23)45-26)42-12-18-13-44-30(2,3)14-43-18/h6-9,16-18,37H,4-5,10-14H2,1-3H3,(H,36,40). The first-order chi connectivity index (χ1) is 21.5. The van der Waals surface area contributed by atoms with Gasteiger partial charge in [-0.25, -0.2) is 0 Å². The molecule has 0 aliphatic carbocycles. The summed E-state index contributed by atoms with van der Waals surface area (Å²) in [6, 6.07) is 4.20. The first kappa shape index (κ1) is 28.9. The number of aryl methyl sites for hydroxylation is 1. The molecule has 236 valence electrons. The summed E-state index contributed by atoms with van der Waals surface area (Å²) >= 11 is 1.30. The van der Waals surface area contributed by atoms with Crippen LogP contribution in [0.4, 0.5) is 19.0 Å². The number of alkyl halides is 3. The summed E-state index contributed by atoms with van der Waals surface area (Å²) in [5.41, 5.74) is -0.219. The van der Waals surface area contributed by atoms with E-state index >= 15 is 0 Å². The van der Waals surface area contributed by atoms with E-state index in [0.717, 1.165) is 36.7 Å². The van der Waals surface area contributed by atoms with E-state index in [1.807, 2.05) is 19.9 Å². The number of ether oxygens (including phenoxy) is 3. The molecule has 45 heavy (non-hydrogen) atoms. The molecule has 3 saturated heterocycles. The van der Waals surface area contributed by atoms with Gasteiger partial charge in [0.25, 0.3) is 0 Å². The van der Waals surface area contributed by atoms with Crippen LogP contribution in [0.1, 0.15) is 37.8 Å². The second kappa shape index (κ2) is 10.5. The van der Waals surface area contributed by atoms with E-state index in [-0.39, 0.29) is 41.1 Å². The lowest BCUT2D eigenvalue weighted by atomic mass is 9.94. The average molecular weight is 640 g/mol. The van der Waals surface area contributed by atoms with Crippen LogP contribution in [0.5, 0.6) is 6.01 Å². The van der Waals surface area contributed by atoms with Gasteiger partial charge in [0, 0.05) is 47.7 Å². The number of hydrogen-bond acceptors (Lipinski definition) is 10. The molecule has 2 N–H and O–H groups in total. The molecule has 5 aromatic rings. The molecule has 3 aliphatic heterocycles. The van der Waals surface area contributed by atoms with Crippen molar-refractivity contribution in [1.82, 2.24) is 30.5 Å². The van der Waals surface area contributed by atoms with E-state index in [0.29, 0.717) is 51.5 Å². The maximum Gasteiger partial charge on any atom is 0.417 e. The molecule has 0 saturated carbocycles. The zero-order valence-electron chi connectivity index (χ0n) is 25.0. The summed E-state index contributed by atoms with van der Waals surface area (Å²) in [6.07, 6.45) is 0.294. The number of aromatic amines is 1. The van der Waals surface area contributed by atoms with Crippen LogP contribution in [-0.4, -0.2) is 81.8 Å². The first-order valence-electron chi connectivity index (χ1n) is 15.1. The number of anilines is 1. The Bertz CT molecular complexity index is 1920. The van der Waals surface area contributed by atoms with Gasteiger partial charge in [0.05, 0.1) is 51.9 Å². The highest BCUT2D eigenvalue weighted by atomic mass is 32.1. The minimum absolute atomic E-state index is 0.00646. The predicted molar refractivity (Wildman–Crippen MR) is 165 cm³/mol. The molecule has 3 fully saturated rings. The molecule has 3 aliphatic rings. The minimum Gasteiger partial charge on any atom is -0.461 e. The van der Waals surface area contributed by atoms with E-state index in [1.54, 1.807) is 6.20 Å². The SMILES string of the molecule is Cc1cc2[nH]ncc2c(-c2nccc3c2sc2nc(OCC4COC(C)(C)CO4)nc(N4CC5CCC(C4)N5)c23)c1C(F)(F)F. The Kier molecular flexibility index (Phi) is 6.72. The first-order valence-corrected chi connectivity index (χ1v) is 15.9. The van der Waals surface area contributed by atoms with Crippen molar-refractivity contribution in [3.05, 3.63) is 35.7 Å². The second-order valence-electron chi connectivity index (χ2n) is 12.8. The van der Waals surface area contributed by atoms with Crippen LogP contribution in [0.15, 0.2) is 24.5 Å². The smallest absolute Gasteiger partial charge is 0.417 e. The summed E-state index contributed by atoms with van der Waals surface area (Å²) in [5.74, 6) is 0.715. The number of rotatable bonds is 5. The number of hydrogen-bond donors (Lipinski definition) is 2. The third-order valence-electron chi connectivity index (χ3n) is 8.91. The quantitative estimate of drug-likeness (QED) is 0.253. The highest BCUT2D eigenvalue weighted by Gasteiger charge is 2.39. The second-order valence-corrected chi connectivity index (χ2v) is 13.8. The van der Waals surface area contributed by atoms with E-state index < -0.39 is 11.7 Å². The molecule has 0 radical (unpaired) electrons. The Morgan fingerprint density at radius 2 is 1.96 bits per heavy atom. The van der Waals surface area contributed by atoms with Gasteiger partial charge in [0.1, 0.15) is 23.4 Å². The molecular formula is C31H32F3N7O3S. The number of halogens is 3. The van der Waals surface area contributed by atoms with Crippen molar-refractivity contribution in [3.8, 4) is 17.3 Å². The Balaban J connectivity index is 1.29. The predicted octanol–water partition coefficient (Wildman–Crippen LogP) is 5.62. The molecule has 3 unspecified atom stereocenters. The Hall–Kier alpha value is -3.59. The zero-order valence-corrected chi connectivity index (χ0v) is 25.8. The third-order valence-corrected chi connectivity index (χ3v) is 10.0. The Morgan fingerprint density at radius 3 is 2.69 bits per heavy atom. The monoisotopic (exact) mass is 639 g/mol. The number of nitrogens with zero attached hydrogens (tertiary/aromatic N) is 5.